The van der Waals surface area contributed by atoms with E-state index >= 15 is 0 Å². The van der Waals surface area contributed by atoms with E-state index in [1.807, 2.05) is 0 Å². The van der Waals surface area contributed by atoms with Gasteiger partial charge in [-0.3, -0.25) is 4.90 Å². The highest BCUT2D eigenvalue weighted by molar-refractivity contribution is 6.31. The average molecular weight is 308 g/mol. The van der Waals surface area contributed by atoms with Crippen LogP contribution in [-0.4, -0.2) is 43.7 Å². The van der Waals surface area contributed by atoms with Crippen LogP contribution in [0.4, 0.5) is 5.69 Å². The number of rotatable bonds is 4. The highest BCUT2D eigenvalue weighted by atomic mass is 35.5. The second kappa shape index (κ2) is 6.55. The van der Waals surface area contributed by atoms with Crippen LogP contribution < -0.4 is 10.2 Å². The number of hydrogen-bond acceptors (Lipinski definition) is 3. The summed E-state index contributed by atoms with van der Waals surface area (Å²) in [7, 11) is 2.29. The van der Waals surface area contributed by atoms with Gasteiger partial charge in [-0.2, -0.15) is 0 Å². The standard InChI is InChI=1S/C17H26ClN3/c1-3-19-11-13-4-5-15(10-17(13)18)21-9-8-14-6-7-16(12-21)20(14)2/h4-5,10,14,16,19H,3,6-9,11-12H2,1-2H3. The molecule has 3 nitrogen and oxygen atoms in total. The number of anilines is 1. The maximum atomic E-state index is 6.46. The summed E-state index contributed by atoms with van der Waals surface area (Å²) in [6.45, 7) is 6.22. The Morgan fingerprint density at radius 2 is 2.05 bits per heavy atom. The van der Waals surface area contributed by atoms with Crippen LogP contribution in [0.15, 0.2) is 18.2 Å². The smallest absolute Gasteiger partial charge is 0.0471 e. The van der Waals surface area contributed by atoms with Crippen molar-refractivity contribution < 1.29 is 0 Å². The molecule has 0 aliphatic carbocycles. The summed E-state index contributed by atoms with van der Waals surface area (Å²) >= 11 is 6.46. The molecule has 4 heteroatoms. The molecule has 3 rings (SSSR count). The van der Waals surface area contributed by atoms with Crippen molar-refractivity contribution in [3.8, 4) is 0 Å². The fourth-order valence-electron chi connectivity index (χ4n) is 3.68. The summed E-state index contributed by atoms with van der Waals surface area (Å²) in [5.74, 6) is 0. The third-order valence-electron chi connectivity index (χ3n) is 5.12. The molecule has 0 spiro atoms. The first-order valence-electron chi connectivity index (χ1n) is 8.15. The second-order valence-corrected chi connectivity index (χ2v) is 6.75. The Kier molecular flexibility index (Phi) is 4.72. The zero-order valence-electron chi connectivity index (χ0n) is 13.1. The Hall–Kier alpha value is -0.770. The van der Waals surface area contributed by atoms with Crippen LogP contribution in [0.1, 0.15) is 31.7 Å². The highest BCUT2D eigenvalue weighted by Gasteiger charge is 2.34. The summed E-state index contributed by atoms with van der Waals surface area (Å²) in [4.78, 5) is 5.10. The number of nitrogens with zero attached hydrogens (tertiary/aromatic N) is 2. The number of halogens is 1. The van der Waals surface area contributed by atoms with Gasteiger partial charge in [-0.25, -0.2) is 0 Å². The molecule has 0 saturated carbocycles. The van der Waals surface area contributed by atoms with Gasteiger partial charge in [0.1, 0.15) is 0 Å². The van der Waals surface area contributed by atoms with E-state index in [0.29, 0.717) is 6.04 Å². The van der Waals surface area contributed by atoms with Crippen molar-refractivity contribution in [3.05, 3.63) is 28.8 Å². The minimum atomic E-state index is 0.706. The Labute approximate surface area is 133 Å². The number of hydrogen-bond donors (Lipinski definition) is 1. The van der Waals surface area contributed by atoms with Gasteiger partial charge in [0.25, 0.3) is 0 Å². The van der Waals surface area contributed by atoms with Crippen LogP contribution in [0, 0.1) is 0 Å². The van der Waals surface area contributed by atoms with Crippen LogP contribution in [-0.2, 0) is 6.54 Å². The molecule has 2 aliphatic rings. The first-order valence-corrected chi connectivity index (χ1v) is 8.53. The lowest BCUT2D eigenvalue weighted by molar-refractivity contribution is 0.254. The van der Waals surface area contributed by atoms with Gasteiger partial charge in [-0.15, -0.1) is 0 Å². The molecule has 0 amide bonds. The van der Waals surface area contributed by atoms with Gasteiger partial charge in [-0.05, 0) is 50.6 Å². The van der Waals surface area contributed by atoms with Crippen LogP contribution in [0.5, 0.6) is 0 Å². The summed E-state index contributed by atoms with van der Waals surface area (Å²) in [5.41, 5.74) is 2.47. The minimum absolute atomic E-state index is 0.706. The molecule has 2 heterocycles. The van der Waals surface area contributed by atoms with Crippen LogP contribution >= 0.6 is 11.6 Å². The van der Waals surface area contributed by atoms with Crippen molar-refractivity contribution in [1.29, 1.82) is 0 Å². The zero-order chi connectivity index (χ0) is 14.8. The predicted molar refractivity (Wildman–Crippen MR) is 90.2 cm³/mol. The van der Waals surface area contributed by atoms with Crippen molar-refractivity contribution in [2.45, 2.75) is 44.8 Å². The molecule has 2 atom stereocenters. The molecule has 1 N–H and O–H groups in total. The number of likely N-dealkylation sites (N-methyl/N-ethyl adjacent to an activating group) is 1. The maximum Gasteiger partial charge on any atom is 0.0471 e. The fraction of sp³-hybridized carbons (Fsp3) is 0.647. The van der Waals surface area contributed by atoms with Crippen LogP contribution in [0.25, 0.3) is 0 Å². The average Bonchev–Trinajstić information content (AvgIpc) is 2.71. The second-order valence-electron chi connectivity index (χ2n) is 6.34. The third-order valence-corrected chi connectivity index (χ3v) is 5.47. The highest BCUT2D eigenvalue weighted by Crippen LogP contribution is 2.32. The summed E-state index contributed by atoms with van der Waals surface area (Å²) in [6.07, 6.45) is 3.98. The van der Waals surface area contributed by atoms with Gasteiger partial charge in [0.15, 0.2) is 0 Å². The molecule has 2 unspecified atom stereocenters. The van der Waals surface area contributed by atoms with E-state index in [4.69, 9.17) is 11.6 Å². The third kappa shape index (κ3) is 3.20. The van der Waals surface area contributed by atoms with Gasteiger partial charge in [-0.1, -0.05) is 24.6 Å². The van der Waals surface area contributed by atoms with Crippen molar-refractivity contribution in [2.24, 2.45) is 0 Å². The quantitative estimate of drug-likeness (QED) is 0.922. The molecule has 1 aromatic carbocycles. The van der Waals surface area contributed by atoms with Gasteiger partial charge in [0.2, 0.25) is 0 Å². The minimum Gasteiger partial charge on any atom is -0.370 e. The topological polar surface area (TPSA) is 18.5 Å². The Morgan fingerprint density at radius 3 is 2.81 bits per heavy atom. The van der Waals surface area contributed by atoms with E-state index in [1.165, 1.54) is 30.5 Å². The van der Waals surface area contributed by atoms with E-state index in [2.05, 4.69) is 47.3 Å². The SMILES string of the molecule is CCNCc1ccc(N2CCC3CCC(C2)N3C)cc1Cl. The zero-order valence-corrected chi connectivity index (χ0v) is 13.9. The first kappa shape index (κ1) is 15.1. The number of benzene rings is 1. The summed E-state index contributed by atoms with van der Waals surface area (Å²) < 4.78 is 0. The molecular formula is C17H26ClN3. The molecule has 116 valence electrons. The van der Waals surface area contributed by atoms with Crippen molar-refractivity contribution in [1.82, 2.24) is 10.2 Å². The Morgan fingerprint density at radius 1 is 1.24 bits per heavy atom. The molecule has 0 aromatic heterocycles. The van der Waals surface area contributed by atoms with E-state index in [0.717, 1.165) is 37.2 Å². The maximum absolute atomic E-state index is 6.46. The lowest BCUT2D eigenvalue weighted by Gasteiger charge is -2.28. The van der Waals surface area contributed by atoms with Gasteiger partial charge >= 0.3 is 0 Å². The normalized spacial score (nSPS) is 26.1. The van der Waals surface area contributed by atoms with Crippen LogP contribution in [0.3, 0.4) is 0 Å². The molecule has 2 saturated heterocycles. The first-order chi connectivity index (χ1) is 10.2. The molecule has 0 radical (unpaired) electrons. The largest absolute Gasteiger partial charge is 0.370 e. The lowest BCUT2D eigenvalue weighted by atomic mass is 10.1. The molecule has 21 heavy (non-hydrogen) atoms. The van der Waals surface area contributed by atoms with Crippen LogP contribution in [0.2, 0.25) is 5.02 Å². The van der Waals surface area contributed by atoms with E-state index in [1.54, 1.807) is 0 Å². The fourth-order valence-corrected chi connectivity index (χ4v) is 3.92. The van der Waals surface area contributed by atoms with Crippen molar-refractivity contribution >= 4 is 17.3 Å². The molecule has 2 bridgehead atoms. The lowest BCUT2D eigenvalue weighted by Crippen LogP contribution is -2.36. The Bertz CT molecular complexity index is 491. The Balaban J connectivity index is 1.73. The summed E-state index contributed by atoms with van der Waals surface area (Å²) in [5, 5.41) is 4.22. The van der Waals surface area contributed by atoms with Gasteiger partial charge in [0.05, 0.1) is 0 Å². The molecule has 2 fully saturated rings. The number of fused-ring (bicyclic) bond motifs is 2. The van der Waals surface area contributed by atoms with Crippen molar-refractivity contribution in [3.63, 3.8) is 0 Å². The van der Waals surface area contributed by atoms with E-state index in [-0.39, 0.29) is 0 Å². The van der Waals surface area contributed by atoms with Crippen molar-refractivity contribution in [2.75, 3.05) is 31.6 Å². The molecule has 1 aromatic rings. The molecular weight excluding hydrogens is 282 g/mol. The predicted octanol–water partition coefficient (Wildman–Crippen LogP) is 3.12. The summed E-state index contributed by atoms with van der Waals surface area (Å²) in [6, 6.07) is 8.04. The number of nitrogens with one attached hydrogen (secondary N) is 1. The van der Waals surface area contributed by atoms with Gasteiger partial charge < -0.3 is 10.2 Å². The van der Waals surface area contributed by atoms with E-state index in [9.17, 15) is 0 Å². The molecule has 2 aliphatic heterocycles. The monoisotopic (exact) mass is 307 g/mol. The van der Waals surface area contributed by atoms with E-state index < -0.39 is 0 Å². The van der Waals surface area contributed by atoms with Gasteiger partial charge in [0, 0.05) is 42.4 Å².